The van der Waals surface area contributed by atoms with Crippen LogP contribution in [0, 0.1) is 17.8 Å². The van der Waals surface area contributed by atoms with Crippen molar-refractivity contribution in [1.29, 1.82) is 0 Å². The summed E-state index contributed by atoms with van der Waals surface area (Å²) in [6.07, 6.45) is 0. The summed E-state index contributed by atoms with van der Waals surface area (Å²) >= 11 is 0. The minimum atomic E-state index is -0.458. The minimum absolute atomic E-state index is 0.450. The summed E-state index contributed by atoms with van der Waals surface area (Å²) in [6.45, 7) is 9.60. The van der Waals surface area contributed by atoms with Crippen LogP contribution in [-0.4, -0.2) is 12.5 Å². The molecule has 0 aliphatic carbocycles. The van der Waals surface area contributed by atoms with E-state index in [1.807, 2.05) is 0 Å². The first-order valence-electron chi connectivity index (χ1n) is 6.76. The smallest absolute Gasteiger partial charge is 0.250 e. The molecule has 0 fully saturated rings. The molecule has 1 aromatic carbocycles. The van der Waals surface area contributed by atoms with Crippen molar-refractivity contribution in [3.63, 3.8) is 0 Å². The monoisotopic (exact) mass is 263 g/mol. The van der Waals surface area contributed by atoms with Gasteiger partial charge in [-0.25, -0.2) is 0 Å². The lowest BCUT2D eigenvalue weighted by Gasteiger charge is -2.26. The van der Waals surface area contributed by atoms with Crippen LogP contribution >= 0.6 is 0 Å². The number of rotatable bonds is 6. The molecule has 0 aromatic heterocycles. The highest BCUT2D eigenvalue weighted by Gasteiger charge is 2.19. The van der Waals surface area contributed by atoms with Crippen LogP contribution in [0.2, 0.25) is 0 Å². The molecular formula is C15H25N3O. The highest BCUT2D eigenvalue weighted by Crippen LogP contribution is 2.26. The van der Waals surface area contributed by atoms with E-state index >= 15 is 0 Å². The van der Waals surface area contributed by atoms with Gasteiger partial charge in [-0.15, -0.1) is 0 Å². The molecule has 1 aromatic rings. The first-order valence-corrected chi connectivity index (χ1v) is 6.76. The van der Waals surface area contributed by atoms with Crippen LogP contribution in [0.25, 0.3) is 0 Å². The Labute approximate surface area is 115 Å². The predicted octanol–water partition coefficient (Wildman–Crippen LogP) is 2.71. The molecule has 4 heteroatoms. The number of nitrogens with two attached hydrogens (primary N) is 2. The molecule has 0 aliphatic rings. The van der Waals surface area contributed by atoms with Crippen molar-refractivity contribution in [1.82, 2.24) is 0 Å². The third kappa shape index (κ3) is 3.88. The molecule has 0 radical (unpaired) electrons. The second kappa shape index (κ2) is 6.45. The molecule has 0 atom stereocenters. The van der Waals surface area contributed by atoms with Gasteiger partial charge in [0, 0.05) is 6.54 Å². The Hall–Kier alpha value is -1.71. The SMILES string of the molecule is CC(C)C(CNc1c(N)cccc1C(N)=O)C(C)C. The summed E-state index contributed by atoms with van der Waals surface area (Å²) in [7, 11) is 0. The zero-order chi connectivity index (χ0) is 14.6. The highest BCUT2D eigenvalue weighted by atomic mass is 16.1. The van der Waals surface area contributed by atoms with Gasteiger partial charge >= 0.3 is 0 Å². The Balaban J connectivity index is 2.90. The Bertz CT molecular complexity index is 433. The van der Waals surface area contributed by atoms with Gasteiger partial charge in [-0.05, 0) is 29.9 Å². The van der Waals surface area contributed by atoms with Crippen LogP contribution in [0.15, 0.2) is 18.2 Å². The quantitative estimate of drug-likeness (QED) is 0.690. The first kappa shape index (κ1) is 15.3. The molecule has 0 spiro atoms. The van der Waals surface area contributed by atoms with Gasteiger partial charge in [-0.3, -0.25) is 4.79 Å². The number of nitrogen functional groups attached to an aromatic ring is 1. The fourth-order valence-corrected chi connectivity index (χ4v) is 2.43. The molecule has 0 unspecified atom stereocenters. The number of amides is 1. The Morgan fingerprint density at radius 2 is 1.79 bits per heavy atom. The Morgan fingerprint density at radius 1 is 1.21 bits per heavy atom. The number of benzene rings is 1. The summed E-state index contributed by atoms with van der Waals surface area (Å²) < 4.78 is 0. The van der Waals surface area contributed by atoms with E-state index in [1.54, 1.807) is 18.2 Å². The van der Waals surface area contributed by atoms with Gasteiger partial charge in [0.15, 0.2) is 0 Å². The second-order valence-corrected chi connectivity index (χ2v) is 5.67. The summed E-state index contributed by atoms with van der Waals surface area (Å²) in [5, 5.41) is 3.30. The van der Waals surface area contributed by atoms with Crippen molar-refractivity contribution in [3.05, 3.63) is 23.8 Å². The average molecular weight is 263 g/mol. The lowest BCUT2D eigenvalue weighted by molar-refractivity contribution is 0.100. The minimum Gasteiger partial charge on any atom is -0.397 e. The molecule has 0 saturated heterocycles. The van der Waals surface area contributed by atoms with E-state index in [-0.39, 0.29) is 0 Å². The average Bonchev–Trinajstić information content (AvgIpc) is 2.29. The lowest BCUT2D eigenvalue weighted by Crippen LogP contribution is -2.26. The summed E-state index contributed by atoms with van der Waals surface area (Å²) in [4.78, 5) is 11.4. The number of carbonyl (C=O) groups is 1. The van der Waals surface area contributed by atoms with E-state index in [2.05, 4.69) is 33.0 Å². The van der Waals surface area contributed by atoms with Gasteiger partial charge in [0.1, 0.15) is 0 Å². The normalized spacial score (nSPS) is 11.3. The van der Waals surface area contributed by atoms with Gasteiger partial charge in [0.25, 0.3) is 5.91 Å². The van der Waals surface area contributed by atoms with E-state index in [4.69, 9.17) is 11.5 Å². The second-order valence-electron chi connectivity index (χ2n) is 5.67. The fourth-order valence-electron chi connectivity index (χ4n) is 2.43. The standard InChI is InChI=1S/C15H25N3O/c1-9(2)12(10(3)4)8-18-14-11(15(17)19)6-5-7-13(14)16/h5-7,9-10,12,18H,8,16H2,1-4H3,(H2,17,19). The molecule has 0 heterocycles. The van der Waals surface area contributed by atoms with Crippen molar-refractivity contribution < 1.29 is 4.79 Å². The highest BCUT2D eigenvalue weighted by molar-refractivity contribution is 6.01. The fraction of sp³-hybridized carbons (Fsp3) is 0.533. The lowest BCUT2D eigenvalue weighted by atomic mass is 9.85. The van der Waals surface area contributed by atoms with Crippen LogP contribution in [-0.2, 0) is 0 Å². The van der Waals surface area contributed by atoms with E-state index in [0.717, 1.165) is 6.54 Å². The van der Waals surface area contributed by atoms with Gasteiger partial charge < -0.3 is 16.8 Å². The number of primary amides is 1. The van der Waals surface area contributed by atoms with Crippen molar-refractivity contribution in [2.45, 2.75) is 27.7 Å². The number of para-hydroxylation sites is 1. The molecule has 1 amide bonds. The van der Waals surface area contributed by atoms with Crippen molar-refractivity contribution in [3.8, 4) is 0 Å². The van der Waals surface area contributed by atoms with Gasteiger partial charge in [0.2, 0.25) is 0 Å². The molecule has 106 valence electrons. The molecule has 0 bridgehead atoms. The Kier molecular flexibility index (Phi) is 5.21. The Morgan fingerprint density at radius 3 is 2.26 bits per heavy atom. The third-order valence-corrected chi connectivity index (χ3v) is 3.59. The molecule has 5 N–H and O–H groups in total. The topological polar surface area (TPSA) is 81.1 Å². The maximum atomic E-state index is 11.4. The number of anilines is 2. The van der Waals surface area contributed by atoms with E-state index < -0.39 is 5.91 Å². The van der Waals surface area contributed by atoms with Gasteiger partial charge in [0.05, 0.1) is 16.9 Å². The summed E-state index contributed by atoms with van der Waals surface area (Å²) in [6, 6.07) is 5.21. The summed E-state index contributed by atoms with van der Waals surface area (Å²) in [5.74, 6) is 1.18. The van der Waals surface area contributed by atoms with Crippen LogP contribution in [0.3, 0.4) is 0 Å². The maximum Gasteiger partial charge on any atom is 0.250 e. The van der Waals surface area contributed by atoms with Crippen LogP contribution < -0.4 is 16.8 Å². The number of hydrogen-bond acceptors (Lipinski definition) is 3. The number of nitrogens with one attached hydrogen (secondary N) is 1. The third-order valence-electron chi connectivity index (χ3n) is 3.59. The molecule has 0 saturated carbocycles. The largest absolute Gasteiger partial charge is 0.397 e. The van der Waals surface area contributed by atoms with Crippen molar-refractivity contribution in [2.75, 3.05) is 17.6 Å². The first-order chi connectivity index (χ1) is 8.84. The van der Waals surface area contributed by atoms with Crippen LogP contribution in [0.4, 0.5) is 11.4 Å². The molecule has 4 nitrogen and oxygen atoms in total. The molecule has 0 aliphatic heterocycles. The number of carbonyl (C=O) groups excluding carboxylic acids is 1. The zero-order valence-electron chi connectivity index (χ0n) is 12.2. The van der Waals surface area contributed by atoms with Crippen LogP contribution in [0.5, 0.6) is 0 Å². The summed E-state index contributed by atoms with van der Waals surface area (Å²) in [5.41, 5.74) is 13.0. The van der Waals surface area contributed by atoms with Crippen molar-refractivity contribution in [2.24, 2.45) is 23.5 Å². The molecule has 1 rings (SSSR count). The zero-order valence-corrected chi connectivity index (χ0v) is 12.2. The number of hydrogen-bond donors (Lipinski definition) is 3. The van der Waals surface area contributed by atoms with E-state index in [1.165, 1.54) is 0 Å². The van der Waals surface area contributed by atoms with Gasteiger partial charge in [-0.1, -0.05) is 33.8 Å². The van der Waals surface area contributed by atoms with Crippen LogP contribution in [0.1, 0.15) is 38.1 Å². The molecular weight excluding hydrogens is 238 g/mol. The molecule has 19 heavy (non-hydrogen) atoms. The van der Waals surface area contributed by atoms with E-state index in [9.17, 15) is 4.79 Å². The van der Waals surface area contributed by atoms with Gasteiger partial charge in [-0.2, -0.15) is 0 Å². The van der Waals surface area contributed by atoms with E-state index in [0.29, 0.717) is 34.7 Å². The predicted molar refractivity (Wildman–Crippen MR) is 81.0 cm³/mol. The maximum absolute atomic E-state index is 11.4. The van der Waals surface area contributed by atoms with Crippen molar-refractivity contribution >= 4 is 17.3 Å².